The number of nitrogens with zero attached hydrogens (tertiary/aromatic N) is 3. The lowest BCUT2D eigenvalue weighted by Gasteiger charge is -2.17. The molecule has 1 N–H and O–H groups in total. The molecule has 3 rings (SSSR count). The lowest BCUT2D eigenvalue weighted by molar-refractivity contribution is 0.0944. The van der Waals surface area contributed by atoms with E-state index in [4.69, 9.17) is 0 Å². The fourth-order valence-electron chi connectivity index (χ4n) is 3.17. The van der Waals surface area contributed by atoms with Gasteiger partial charge in [0, 0.05) is 32.0 Å². The summed E-state index contributed by atoms with van der Waals surface area (Å²) in [4.78, 5) is 22.2. The molecule has 0 saturated carbocycles. The van der Waals surface area contributed by atoms with Gasteiger partial charge in [-0.3, -0.25) is 9.78 Å². The van der Waals surface area contributed by atoms with Crippen molar-refractivity contribution >= 4 is 5.91 Å². The molecule has 1 saturated heterocycles. The van der Waals surface area contributed by atoms with E-state index in [0.29, 0.717) is 18.2 Å². The van der Waals surface area contributed by atoms with Gasteiger partial charge in [0.25, 0.3) is 5.91 Å². The second kappa shape index (κ2) is 7.33. The molecule has 1 amide bonds. The Morgan fingerprint density at radius 3 is 3.00 bits per heavy atom. The number of amides is 1. The first-order valence-electron chi connectivity index (χ1n) is 8.06. The van der Waals surface area contributed by atoms with Gasteiger partial charge in [-0.2, -0.15) is 0 Å². The van der Waals surface area contributed by atoms with Crippen molar-refractivity contribution in [1.82, 2.24) is 20.2 Å². The molecule has 0 spiro atoms. The summed E-state index contributed by atoms with van der Waals surface area (Å²) in [5.74, 6) is 0.444. The lowest BCUT2D eigenvalue weighted by Crippen LogP contribution is -2.34. The van der Waals surface area contributed by atoms with E-state index < -0.39 is 0 Å². The summed E-state index contributed by atoms with van der Waals surface area (Å²) in [5.41, 5.74) is 3.20. The molecule has 1 aliphatic heterocycles. The summed E-state index contributed by atoms with van der Waals surface area (Å²) in [6.07, 6.45) is 5.76. The van der Waals surface area contributed by atoms with E-state index in [2.05, 4.69) is 51.4 Å². The highest BCUT2D eigenvalue weighted by Gasteiger charge is 2.24. The van der Waals surface area contributed by atoms with Crippen LogP contribution in [0.1, 0.15) is 34.0 Å². The van der Waals surface area contributed by atoms with Crippen molar-refractivity contribution in [2.45, 2.75) is 19.3 Å². The Kier molecular flexibility index (Phi) is 4.98. The van der Waals surface area contributed by atoms with Crippen LogP contribution in [0.3, 0.4) is 0 Å². The van der Waals surface area contributed by atoms with Crippen LogP contribution in [0.2, 0.25) is 0 Å². The van der Waals surface area contributed by atoms with Crippen LogP contribution in [0.5, 0.6) is 0 Å². The van der Waals surface area contributed by atoms with Gasteiger partial charge in [0.05, 0.1) is 6.20 Å². The number of carbonyl (C=O) groups is 1. The Bertz CT molecular complexity index is 659. The minimum absolute atomic E-state index is 0.159. The topological polar surface area (TPSA) is 58.1 Å². The molecule has 1 aliphatic rings. The number of carbonyl (C=O) groups excluding carboxylic acids is 1. The van der Waals surface area contributed by atoms with Crippen LogP contribution in [-0.4, -0.2) is 47.0 Å². The number of hydrogen-bond donors (Lipinski definition) is 1. The highest BCUT2D eigenvalue weighted by Crippen LogP contribution is 2.28. The van der Waals surface area contributed by atoms with Crippen LogP contribution >= 0.6 is 0 Å². The van der Waals surface area contributed by atoms with E-state index in [1.54, 1.807) is 6.20 Å². The van der Waals surface area contributed by atoms with E-state index in [1.165, 1.54) is 29.9 Å². The Balaban J connectivity index is 1.46. The molecule has 1 aromatic carbocycles. The molecule has 23 heavy (non-hydrogen) atoms. The Morgan fingerprint density at radius 2 is 2.22 bits per heavy atom. The molecular formula is C18H22N4O. The lowest BCUT2D eigenvalue weighted by atomic mass is 9.94. The highest BCUT2D eigenvalue weighted by atomic mass is 16.1. The molecule has 5 nitrogen and oxygen atoms in total. The average Bonchev–Trinajstić information content (AvgIpc) is 3.04. The van der Waals surface area contributed by atoms with Crippen LogP contribution in [-0.2, 0) is 0 Å². The molecule has 5 heteroatoms. The number of benzene rings is 1. The number of hydrogen-bond acceptors (Lipinski definition) is 4. The minimum atomic E-state index is -0.159. The molecule has 2 heterocycles. The van der Waals surface area contributed by atoms with Gasteiger partial charge < -0.3 is 10.2 Å². The predicted molar refractivity (Wildman–Crippen MR) is 89.3 cm³/mol. The second-order valence-corrected chi connectivity index (χ2v) is 5.99. The number of nitrogens with one attached hydrogen (secondary N) is 1. The maximum absolute atomic E-state index is 11.9. The van der Waals surface area contributed by atoms with Gasteiger partial charge in [-0.1, -0.05) is 24.3 Å². The molecule has 0 unspecified atom stereocenters. The first kappa shape index (κ1) is 15.6. The Labute approximate surface area is 136 Å². The monoisotopic (exact) mass is 310 g/mol. The number of likely N-dealkylation sites (tertiary alicyclic amines) is 1. The third-order valence-electron chi connectivity index (χ3n) is 4.41. The van der Waals surface area contributed by atoms with Gasteiger partial charge in [-0.15, -0.1) is 0 Å². The SMILES string of the molecule is Cc1ccccc1[C@@H]1CCN(CCNC(=O)c2cnccn2)C1. The average molecular weight is 310 g/mol. The predicted octanol–water partition coefficient (Wildman–Crippen LogP) is 2.00. The molecule has 1 aromatic heterocycles. The third kappa shape index (κ3) is 3.93. The summed E-state index contributed by atoms with van der Waals surface area (Å²) in [6, 6.07) is 8.62. The van der Waals surface area contributed by atoms with Crippen molar-refractivity contribution < 1.29 is 4.79 Å². The Hall–Kier alpha value is -2.27. The van der Waals surface area contributed by atoms with Crippen molar-refractivity contribution in [2.75, 3.05) is 26.2 Å². The number of aromatic nitrogens is 2. The zero-order chi connectivity index (χ0) is 16.1. The van der Waals surface area contributed by atoms with Crippen molar-refractivity contribution in [3.05, 3.63) is 59.7 Å². The van der Waals surface area contributed by atoms with E-state index in [-0.39, 0.29) is 5.91 Å². The number of aryl methyl sites for hydroxylation is 1. The van der Waals surface area contributed by atoms with E-state index in [9.17, 15) is 4.79 Å². The largest absolute Gasteiger partial charge is 0.349 e. The minimum Gasteiger partial charge on any atom is -0.349 e. The summed E-state index contributed by atoms with van der Waals surface area (Å²) in [7, 11) is 0. The highest BCUT2D eigenvalue weighted by molar-refractivity contribution is 5.91. The van der Waals surface area contributed by atoms with Gasteiger partial charge >= 0.3 is 0 Å². The summed E-state index contributed by atoms with van der Waals surface area (Å²) >= 11 is 0. The van der Waals surface area contributed by atoms with Crippen LogP contribution in [0.4, 0.5) is 0 Å². The molecule has 0 radical (unpaired) electrons. The van der Waals surface area contributed by atoms with Crippen molar-refractivity contribution in [2.24, 2.45) is 0 Å². The van der Waals surface area contributed by atoms with Gasteiger partial charge in [0.1, 0.15) is 5.69 Å². The van der Waals surface area contributed by atoms with E-state index >= 15 is 0 Å². The van der Waals surface area contributed by atoms with Crippen LogP contribution in [0.15, 0.2) is 42.9 Å². The van der Waals surface area contributed by atoms with Gasteiger partial charge in [-0.25, -0.2) is 4.98 Å². The van der Waals surface area contributed by atoms with Crippen LogP contribution in [0, 0.1) is 6.92 Å². The molecule has 0 bridgehead atoms. The summed E-state index contributed by atoms with van der Waals surface area (Å²) in [5, 5.41) is 2.91. The van der Waals surface area contributed by atoms with Crippen LogP contribution in [0.25, 0.3) is 0 Å². The van der Waals surface area contributed by atoms with Crippen molar-refractivity contribution in [3.63, 3.8) is 0 Å². The van der Waals surface area contributed by atoms with Gasteiger partial charge in [-0.05, 0) is 36.9 Å². The zero-order valence-corrected chi connectivity index (χ0v) is 13.4. The first-order valence-corrected chi connectivity index (χ1v) is 8.06. The van der Waals surface area contributed by atoms with Crippen molar-refractivity contribution in [3.8, 4) is 0 Å². The molecule has 120 valence electrons. The summed E-state index contributed by atoms with van der Waals surface area (Å²) < 4.78 is 0. The normalized spacial score (nSPS) is 18.0. The van der Waals surface area contributed by atoms with E-state index in [0.717, 1.165) is 19.6 Å². The molecule has 1 fully saturated rings. The fourth-order valence-corrected chi connectivity index (χ4v) is 3.17. The Morgan fingerprint density at radius 1 is 1.35 bits per heavy atom. The smallest absolute Gasteiger partial charge is 0.271 e. The first-order chi connectivity index (χ1) is 11.2. The van der Waals surface area contributed by atoms with Crippen molar-refractivity contribution in [1.29, 1.82) is 0 Å². The van der Waals surface area contributed by atoms with E-state index in [1.807, 2.05) is 0 Å². The quantitative estimate of drug-likeness (QED) is 0.918. The summed E-state index contributed by atoms with van der Waals surface area (Å²) in [6.45, 7) is 5.83. The van der Waals surface area contributed by atoms with Gasteiger partial charge in [0.15, 0.2) is 0 Å². The maximum atomic E-state index is 11.9. The number of rotatable bonds is 5. The second-order valence-electron chi connectivity index (χ2n) is 5.99. The molecule has 0 aliphatic carbocycles. The fraction of sp³-hybridized carbons (Fsp3) is 0.389. The molecule has 2 aromatic rings. The van der Waals surface area contributed by atoms with Gasteiger partial charge in [0.2, 0.25) is 0 Å². The zero-order valence-electron chi connectivity index (χ0n) is 13.4. The third-order valence-corrected chi connectivity index (χ3v) is 4.41. The molecular weight excluding hydrogens is 288 g/mol. The standard InChI is InChI=1S/C18H22N4O/c1-14-4-2-3-5-16(14)15-6-10-22(13-15)11-9-21-18(23)17-12-19-7-8-20-17/h2-5,7-8,12,15H,6,9-11,13H2,1H3,(H,21,23)/t15-/m1/s1. The maximum Gasteiger partial charge on any atom is 0.271 e. The molecule has 1 atom stereocenters. The van der Waals surface area contributed by atoms with Crippen LogP contribution < -0.4 is 5.32 Å².